The van der Waals surface area contributed by atoms with Gasteiger partial charge in [-0.3, -0.25) is 4.90 Å². The van der Waals surface area contributed by atoms with Crippen LogP contribution in [0.2, 0.25) is 0 Å². The monoisotopic (exact) mass is 274 g/mol. The molecule has 0 aliphatic heterocycles. The van der Waals surface area contributed by atoms with E-state index >= 15 is 0 Å². The second-order valence-electron chi connectivity index (χ2n) is 6.04. The van der Waals surface area contributed by atoms with E-state index in [1.54, 1.807) is 0 Å². The molecule has 1 N–H and O–H groups in total. The van der Waals surface area contributed by atoms with Crippen molar-refractivity contribution in [2.75, 3.05) is 53.5 Å². The van der Waals surface area contributed by atoms with Crippen molar-refractivity contribution in [3.05, 3.63) is 0 Å². The normalized spacial score (nSPS) is 13.7. The molecular weight excluding hydrogens is 240 g/mol. The Kier molecular flexibility index (Phi) is 11.6. The summed E-state index contributed by atoms with van der Waals surface area (Å²) in [7, 11) is 4.16. The summed E-state index contributed by atoms with van der Waals surface area (Å²) in [6, 6.07) is 0. The zero-order valence-electron chi connectivity index (χ0n) is 13.6. The van der Waals surface area contributed by atoms with Gasteiger partial charge >= 0.3 is 0 Å². The largest absolute Gasteiger partial charge is 0.389 e. The van der Waals surface area contributed by atoms with Gasteiger partial charge in [0.05, 0.1) is 12.7 Å². The third-order valence-electron chi connectivity index (χ3n) is 2.91. The van der Waals surface area contributed by atoms with Gasteiger partial charge in [0.25, 0.3) is 0 Å². The van der Waals surface area contributed by atoms with Crippen LogP contribution >= 0.6 is 0 Å². The van der Waals surface area contributed by atoms with Crippen LogP contribution in [0.25, 0.3) is 0 Å². The third kappa shape index (κ3) is 12.6. The third-order valence-corrected chi connectivity index (χ3v) is 2.91. The van der Waals surface area contributed by atoms with Gasteiger partial charge in [0, 0.05) is 32.8 Å². The molecule has 0 rings (SSSR count). The van der Waals surface area contributed by atoms with E-state index in [2.05, 4.69) is 44.7 Å². The van der Waals surface area contributed by atoms with E-state index in [9.17, 15) is 5.11 Å². The predicted molar refractivity (Wildman–Crippen MR) is 81.6 cm³/mol. The van der Waals surface area contributed by atoms with Crippen LogP contribution in [0.5, 0.6) is 0 Å². The molecule has 1 atom stereocenters. The summed E-state index contributed by atoms with van der Waals surface area (Å²) in [6.07, 6.45) is 1.83. The first kappa shape index (κ1) is 18.8. The zero-order valence-corrected chi connectivity index (χ0v) is 13.6. The van der Waals surface area contributed by atoms with E-state index in [1.165, 1.54) is 0 Å². The van der Waals surface area contributed by atoms with E-state index in [4.69, 9.17) is 4.74 Å². The van der Waals surface area contributed by atoms with Crippen molar-refractivity contribution in [1.29, 1.82) is 0 Å². The number of rotatable bonds is 12. The average Bonchev–Trinajstić information content (AvgIpc) is 2.31. The van der Waals surface area contributed by atoms with Gasteiger partial charge in [-0.05, 0) is 26.4 Å². The van der Waals surface area contributed by atoms with Gasteiger partial charge in [-0.15, -0.1) is 0 Å². The molecule has 0 heterocycles. The Morgan fingerprint density at radius 2 is 1.79 bits per heavy atom. The summed E-state index contributed by atoms with van der Waals surface area (Å²) in [5.74, 6) is 0.621. The van der Waals surface area contributed by atoms with Crippen molar-refractivity contribution in [2.45, 2.75) is 39.7 Å². The summed E-state index contributed by atoms with van der Waals surface area (Å²) in [6.45, 7) is 11.5. The van der Waals surface area contributed by atoms with Crippen molar-refractivity contribution in [3.63, 3.8) is 0 Å². The number of nitrogens with zero attached hydrogens (tertiary/aromatic N) is 2. The SMILES string of the molecule is CCCCOCC(O)CN(CCN(C)C)CC(C)C. The molecule has 0 saturated heterocycles. The Hall–Kier alpha value is -0.160. The molecule has 0 aliphatic carbocycles. The van der Waals surface area contributed by atoms with Crippen LogP contribution in [0.15, 0.2) is 0 Å². The maximum absolute atomic E-state index is 10.0. The van der Waals surface area contributed by atoms with Gasteiger partial charge in [-0.1, -0.05) is 27.2 Å². The second-order valence-corrected chi connectivity index (χ2v) is 6.04. The molecular formula is C15H34N2O2. The molecule has 19 heavy (non-hydrogen) atoms. The van der Waals surface area contributed by atoms with Crippen molar-refractivity contribution < 1.29 is 9.84 Å². The van der Waals surface area contributed by atoms with Crippen LogP contribution in [-0.2, 0) is 4.74 Å². The number of hydrogen-bond acceptors (Lipinski definition) is 4. The van der Waals surface area contributed by atoms with Crippen LogP contribution in [0.4, 0.5) is 0 Å². The van der Waals surface area contributed by atoms with Crippen LogP contribution in [0.3, 0.4) is 0 Å². The van der Waals surface area contributed by atoms with Crippen molar-refractivity contribution in [3.8, 4) is 0 Å². The molecule has 0 aromatic rings. The average molecular weight is 274 g/mol. The van der Waals surface area contributed by atoms with Gasteiger partial charge in [0.15, 0.2) is 0 Å². The Morgan fingerprint density at radius 3 is 2.32 bits per heavy atom. The number of hydrogen-bond donors (Lipinski definition) is 1. The molecule has 4 nitrogen and oxygen atoms in total. The highest BCUT2D eigenvalue weighted by Gasteiger charge is 2.13. The van der Waals surface area contributed by atoms with Crippen molar-refractivity contribution in [2.24, 2.45) is 5.92 Å². The molecule has 0 bridgehead atoms. The molecule has 0 fully saturated rings. The van der Waals surface area contributed by atoms with E-state index in [-0.39, 0.29) is 6.10 Å². The lowest BCUT2D eigenvalue weighted by Crippen LogP contribution is -2.40. The number of ether oxygens (including phenoxy) is 1. The highest BCUT2D eigenvalue weighted by atomic mass is 16.5. The van der Waals surface area contributed by atoms with Gasteiger partial charge in [-0.25, -0.2) is 0 Å². The first-order valence-electron chi connectivity index (χ1n) is 7.58. The van der Waals surface area contributed by atoms with Crippen molar-refractivity contribution in [1.82, 2.24) is 9.80 Å². The summed E-state index contributed by atoms with van der Waals surface area (Å²) in [4.78, 5) is 4.51. The molecule has 1 unspecified atom stereocenters. The first-order valence-corrected chi connectivity index (χ1v) is 7.58. The number of unbranched alkanes of at least 4 members (excludes halogenated alkanes) is 1. The van der Waals surface area contributed by atoms with Gasteiger partial charge in [-0.2, -0.15) is 0 Å². The first-order chi connectivity index (χ1) is 8.95. The maximum atomic E-state index is 10.0. The fraction of sp³-hybridized carbons (Fsp3) is 1.00. The molecule has 0 saturated carbocycles. The van der Waals surface area contributed by atoms with E-state index in [1.807, 2.05) is 0 Å². The van der Waals surface area contributed by atoms with E-state index in [0.717, 1.165) is 39.1 Å². The smallest absolute Gasteiger partial charge is 0.0900 e. The number of likely N-dealkylation sites (N-methyl/N-ethyl adjacent to an activating group) is 1. The van der Waals surface area contributed by atoms with E-state index in [0.29, 0.717) is 19.1 Å². The molecule has 0 amide bonds. The highest BCUT2D eigenvalue weighted by molar-refractivity contribution is 4.67. The van der Waals surface area contributed by atoms with Crippen LogP contribution in [0.1, 0.15) is 33.6 Å². The zero-order chi connectivity index (χ0) is 14.7. The molecule has 0 radical (unpaired) electrons. The highest BCUT2D eigenvalue weighted by Crippen LogP contribution is 2.01. The van der Waals surface area contributed by atoms with Crippen molar-refractivity contribution >= 4 is 0 Å². The van der Waals surface area contributed by atoms with Crippen LogP contribution < -0.4 is 0 Å². The molecule has 0 aliphatic rings. The van der Waals surface area contributed by atoms with Gasteiger partial charge in [0.1, 0.15) is 0 Å². The second kappa shape index (κ2) is 11.6. The molecule has 116 valence electrons. The standard InChI is InChI=1S/C15H34N2O2/c1-6-7-10-19-13-15(18)12-17(11-14(2)3)9-8-16(4)5/h14-15,18H,6-13H2,1-5H3. The molecule has 0 aromatic carbocycles. The lowest BCUT2D eigenvalue weighted by molar-refractivity contribution is 0.0131. The minimum atomic E-state index is -0.377. The minimum absolute atomic E-state index is 0.377. The minimum Gasteiger partial charge on any atom is -0.389 e. The van der Waals surface area contributed by atoms with E-state index < -0.39 is 0 Å². The summed E-state index contributed by atoms with van der Waals surface area (Å²) < 4.78 is 5.48. The van der Waals surface area contributed by atoms with Gasteiger partial charge < -0.3 is 14.7 Å². The topological polar surface area (TPSA) is 35.9 Å². The molecule has 0 spiro atoms. The Balaban J connectivity index is 3.93. The number of aliphatic hydroxyl groups is 1. The predicted octanol–water partition coefficient (Wildman–Crippen LogP) is 1.68. The Bertz CT molecular complexity index is 199. The Labute approximate surface area is 119 Å². The fourth-order valence-electron chi connectivity index (χ4n) is 1.93. The molecule has 4 heteroatoms. The van der Waals surface area contributed by atoms with Crippen LogP contribution in [0, 0.1) is 5.92 Å². The summed E-state index contributed by atoms with van der Waals surface area (Å²) in [5.41, 5.74) is 0. The fourth-order valence-corrected chi connectivity index (χ4v) is 1.93. The maximum Gasteiger partial charge on any atom is 0.0900 e. The lowest BCUT2D eigenvalue weighted by atomic mass is 10.2. The molecule has 0 aromatic heterocycles. The van der Waals surface area contributed by atoms with Gasteiger partial charge in [0.2, 0.25) is 0 Å². The van der Waals surface area contributed by atoms with Crippen LogP contribution in [-0.4, -0.2) is 74.5 Å². The summed E-state index contributed by atoms with van der Waals surface area (Å²) in [5, 5.41) is 10.0. The lowest BCUT2D eigenvalue weighted by Gasteiger charge is -2.27. The Morgan fingerprint density at radius 1 is 1.11 bits per heavy atom. The number of aliphatic hydroxyl groups excluding tert-OH is 1. The quantitative estimate of drug-likeness (QED) is 0.549. The summed E-state index contributed by atoms with van der Waals surface area (Å²) >= 11 is 0.